The Balaban J connectivity index is 2.60. The fourth-order valence-corrected chi connectivity index (χ4v) is 1.60. The van der Waals surface area contributed by atoms with Crippen molar-refractivity contribution in [1.29, 1.82) is 0 Å². The first-order valence-corrected chi connectivity index (χ1v) is 4.87. The van der Waals surface area contributed by atoms with E-state index >= 15 is 0 Å². The van der Waals surface area contributed by atoms with E-state index in [0.29, 0.717) is 5.56 Å². The van der Waals surface area contributed by atoms with Crippen LogP contribution in [0.25, 0.3) is 11.1 Å². The average Bonchev–Trinajstić information content (AvgIpc) is 2.27. The Bertz CT molecular complexity index is 482. The first-order chi connectivity index (χ1) is 7.20. The van der Waals surface area contributed by atoms with Crippen LogP contribution in [0.3, 0.4) is 0 Å². The summed E-state index contributed by atoms with van der Waals surface area (Å²) in [7, 11) is 0. The zero-order chi connectivity index (χ0) is 10.8. The molecule has 2 aromatic carbocycles. The minimum absolute atomic E-state index is 0.0483. The molecule has 0 aromatic heterocycles. The number of rotatable bonds is 1. The van der Waals surface area contributed by atoms with Gasteiger partial charge in [0, 0.05) is 5.56 Å². The van der Waals surface area contributed by atoms with Crippen molar-refractivity contribution < 1.29 is 4.39 Å². The second-order valence-electron chi connectivity index (χ2n) is 3.19. The van der Waals surface area contributed by atoms with Gasteiger partial charge in [-0.3, -0.25) is 0 Å². The predicted octanol–water partition coefficient (Wildman–Crippen LogP) is 3.73. The Morgan fingerprint density at radius 2 is 1.67 bits per heavy atom. The highest BCUT2D eigenvalue weighted by Gasteiger charge is 2.09. The van der Waals surface area contributed by atoms with Crippen LogP contribution in [-0.2, 0) is 0 Å². The van der Waals surface area contributed by atoms with Gasteiger partial charge in [0.1, 0.15) is 0 Å². The molecule has 0 amide bonds. The zero-order valence-corrected chi connectivity index (χ0v) is 8.63. The van der Waals surface area contributed by atoms with Crippen LogP contribution in [0.15, 0.2) is 42.5 Å². The maximum Gasteiger partial charge on any atom is 0.165 e. The SMILES string of the molecule is Nc1c(-c2ccccc2)ccc(Cl)c1F. The average molecular weight is 222 g/mol. The van der Waals surface area contributed by atoms with E-state index in [-0.39, 0.29) is 10.7 Å². The van der Waals surface area contributed by atoms with Crippen molar-refractivity contribution in [1.82, 2.24) is 0 Å². The summed E-state index contributed by atoms with van der Waals surface area (Å²) in [6, 6.07) is 12.6. The number of halogens is 2. The van der Waals surface area contributed by atoms with Gasteiger partial charge in [-0.05, 0) is 11.6 Å². The number of hydrogen-bond acceptors (Lipinski definition) is 1. The number of hydrogen-bond donors (Lipinski definition) is 1. The van der Waals surface area contributed by atoms with Crippen LogP contribution in [0.4, 0.5) is 10.1 Å². The number of nitrogens with two attached hydrogens (primary N) is 1. The third kappa shape index (κ3) is 1.81. The molecule has 76 valence electrons. The molecule has 0 aliphatic rings. The Hall–Kier alpha value is -1.54. The van der Waals surface area contributed by atoms with Gasteiger partial charge in [-0.25, -0.2) is 4.39 Å². The molecule has 0 saturated heterocycles. The Labute approximate surface area is 92.3 Å². The van der Waals surface area contributed by atoms with Gasteiger partial charge in [0.05, 0.1) is 10.7 Å². The van der Waals surface area contributed by atoms with E-state index < -0.39 is 5.82 Å². The van der Waals surface area contributed by atoms with Crippen LogP contribution in [0.5, 0.6) is 0 Å². The molecular weight excluding hydrogens is 213 g/mol. The Morgan fingerprint density at radius 3 is 2.33 bits per heavy atom. The van der Waals surface area contributed by atoms with E-state index in [2.05, 4.69) is 0 Å². The Kier molecular flexibility index (Phi) is 2.60. The number of nitrogen functional groups attached to an aromatic ring is 1. The van der Waals surface area contributed by atoms with Gasteiger partial charge in [-0.1, -0.05) is 48.0 Å². The summed E-state index contributed by atoms with van der Waals surface area (Å²) in [5.74, 6) is -0.557. The van der Waals surface area contributed by atoms with E-state index in [4.69, 9.17) is 17.3 Å². The molecule has 0 unspecified atom stereocenters. The standard InChI is InChI=1S/C12H9ClFN/c13-10-7-6-9(12(15)11(10)14)8-4-2-1-3-5-8/h1-7H,15H2. The summed E-state index contributed by atoms with van der Waals surface area (Å²) in [5.41, 5.74) is 7.29. The minimum atomic E-state index is -0.557. The predicted molar refractivity (Wildman–Crippen MR) is 61.3 cm³/mol. The lowest BCUT2D eigenvalue weighted by Gasteiger charge is -2.07. The summed E-state index contributed by atoms with van der Waals surface area (Å²) in [6.45, 7) is 0. The van der Waals surface area contributed by atoms with Crippen molar-refractivity contribution in [3.63, 3.8) is 0 Å². The summed E-state index contributed by atoms with van der Waals surface area (Å²) in [6.07, 6.45) is 0. The minimum Gasteiger partial charge on any atom is -0.396 e. The topological polar surface area (TPSA) is 26.0 Å². The fourth-order valence-electron chi connectivity index (χ4n) is 1.44. The molecule has 3 heteroatoms. The Morgan fingerprint density at radius 1 is 1.00 bits per heavy atom. The zero-order valence-electron chi connectivity index (χ0n) is 7.87. The van der Waals surface area contributed by atoms with Crippen molar-refractivity contribution >= 4 is 17.3 Å². The maximum atomic E-state index is 13.4. The molecule has 0 saturated carbocycles. The van der Waals surface area contributed by atoms with Crippen LogP contribution in [0.1, 0.15) is 0 Å². The highest BCUT2D eigenvalue weighted by Crippen LogP contribution is 2.31. The normalized spacial score (nSPS) is 10.3. The monoisotopic (exact) mass is 221 g/mol. The molecule has 0 heterocycles. The highest BCUT2D eigenvalue weighted by molar-refractivity contribution is 6.31. The first kappa shape index (κ1) is 9.99. The molecule has 15 heavy (non-hydrogen) atoms. The lowest BCUT2D eigenvalue weighted by atomic mass is 10.0. The molecule has 0 fully saturated rings. The number of anilines is 1. The maximum absolute atomic E-state index is 13.4. The molecule has 0 bridgehead atoms. The molecule has 2 N–H and O–H groups in total. The molecule has 0 radical (unpaired) electrons. The van der Waals surface area contributed by atoms with Crippen LogP contribution in [0.2, 0.25) is 5.02 Å². The van der Waals surface area contributed by atoms with Crippen LogP contribution in [0, 0.1) is 5.82 Å². The van der Waals surface area contributed by atoms with E-state index in [0.717, 1.165) is 5.56 Å². The van der Waals surface area contributed by atoms with Crippen molar-refractivity contribution in [2.75, 3.05) is 5.73 Å². The third-order valence-electron chi connectivity index (χ3n) is 2.22. The van der Waals surface area contributed by atoms with Gasteiger partial charge in [0.2, 0.25) is 0 Å². The smallest absolute Gasteiger partial charge is 0.165 e. The van der Waals surface area contributed by atoms with Crippen molar-refractivity contribution in [2.45, 2.75) is 0 Å². The van der Waals surface area contributed by atoms with Crippen molar-refractivity contribution in [2.24, 2.45) is 0 Å². The quantitative estimate of drug-likeness (QED) is 0.730. The van der Waals surface area contributed by atoms with Gasteiger partial charge in [-0.2, -0.15) is 0 Å². The number of benzene rings is 2. The molecule has 2 aromatic rings. The van der Waals surface area contributed by atoms with E-state index in [1.807, 2.05) is 30.3 Å². The van der Waals surface area contributed by atoms with Crippen LogP contribution in [-0.4, -0.2) is 0 Å². The van der Waals surface area contributed by atoms with E-state index in [9.17, 15) is 4.39 Å². The van der Waals surface area contributed by atoms with Gasteiger partial charge in [-0.15, -0.1) is 0 Å². The molecule has 0 aliphatic carbocycles. The summed E-state index contributed by atoms with van der Waals surface area (Å²) < 4.78 is 13.4. The highest BCUT2D eigenvalue weighted by atomic mass is 35.5. The lowest BCUT2D eigenvalue weighted by molar-refractivity contribution is 0.633. The molecule has 1 nitrogen and oxygen atoms in total. The summed E-state index contributed by atoms with van der Waals surface area (Å²) >= 11 is 5.62. The second kappa shape index (κ2) is 3.91. The van der Waals surface area contributed by atoms with Crippen LogP contribution < -0.4 is 5.73 Å². The molecule has 0 spiro atoms. The molecule has 0 aliphatic heterocycles. The molecule has 2 rings (SSSR count). The van der Waals surface area contributed by atoms with Gasteiger partial charge >= 0.3 is 0 Å². The van der Waals surface area contributed by atoms with Crippen molar-refractivity contribution in [3.8, 4) is 11.1 Å². The second-order valence-corrected chi connectivity index (χ2v) is 3.60. The lowest BCUT2D eigenvalue weighted by Crippen LogP contribution is -1.95. The van der Waals surface area contributed by atoms with Gasteiger partial charge in [0.25, 0.3) is 0 Å². The molecular formula is C12H9ClFN. The van der Waals surface area contributed by atoms with Gasteiger partial charge < -0.3 is 5.73 Å². The van der Waals surface area contributed by atoms with Gasteiger partial charge in [0.15, 0.2) is 5.82 Å². The van der Waals surface area contributed by atoms with Crippen molar-refractivity contribution in [3.05, 3.63) is 53.3 Å². The van der Waals surface area contributed by atoms with Crippen LogP contribution >= 0.6 is 11.6 Å². The summed E-state index contributed by atoms with van der Waals surface area (Å²) in [5, 5.41) is 0.0483. The fraction of sp³-hybridized carbons (Fsp3) is 0. The van der Waals surface area contributed by atoms with E-state index in [1.165, 1.54) is 6.07 Å². The third-order valence-corrected chi connectivity index (χ3v) is 2.51. The largest absolute Gasteiger partial charge is 0.396 e. The van der Waals surface area contributed by atoms with E-state index in [1.54, 1.807) is 6.07 Å². The molecule has 0 atom stereocenters. The summed E-state index contributed by atoms with van der Waals surface area (Å²) in [4.78, 5) is 0. The first-order valence-electron chi connectivity index (χ1n) is 4.49.